The van der Waals surface area contributed by atoms with Crippen LogP contribution in [-0.4, -0.2) is 25.1 Å². The summed E-state index contributed by atoms with van der Waals surface area (Å²) in [6, 6.07) is 10.0. The van der Waals surface area contributed by atoms with Crippen molar-refractivity contribution in [3.8, 4) is 10.7 Å². The third-order valence-corrected chi connectivity index (χ3v) is 5.89. The van der Waals surface area contributed by atoms with Gasteiger partial charge in [-0.1, -0.05) is 23.9 Å². The van der Waals surface area contributed by atoms with Crippen LogP contribution in [0.4, 0.5) is 0 Å². The summed E-state index contributed by atoms with van der Waals surface area (Å²) >= 11 is 4.93. The molecule has 5 nitrogen and oxygen atoms in total. The zero-order valence-corrected chi connectivity index (χ0v) is 15.0. The van der Waals surface area contributed by atoms with Crippen molar-refractivity contribution in [2.24, 2.45) is 0 Å². The van der Waals surface area contributed by atoms with Gasteiger partial charge >= 0.3 is 0 Å². The average Bonchev–Trinajstić information content (AvgIpc) is 3.36. The summed E-state index contributed by atoms with van der Waals surface area (Å²) in [5.41, 5.74) is 1.94. The molecule has 0 radical (unpaired) electrons. The third kappa shape index (κ3) is 3.72. The first kappa shape index (κ1) is 15.5. The number of H-pyrrole nitrogens is 1. The van der Waals surface area contributed by atoms with Gasteiger partial charge in [-0.25, -0.2) is 9.97 Å². The zero-order chi connectivity index (χ0) is 16.2. The number of thioether (sulfide) groups is 1. The normalized spacial score (nSPS) is 11.0. The van der Waals surface area contributed by atoms with Crippen molar-refractivity contribution >= 4 is 34.4 Å². The minimum absolute atomic E-state index is 0.750. The molecule has 120 valence electrons. The summed E-state index contributed by atoms with van der Waals surface area (Å²) in [5, 5.41) is 13.1. The maximum atomic E-state index is 4.63. The molecule has 1 N–H and O–H groups in total. The van der Waals surface area contributed by atoms with Gasteiger partial charge in [0.05, 0.1) is 11.4 Å². The van der Waals surface area contributed by atoms with Crippen LogP contribution in [0.3, 0.4) is 0 Å². The fourth-order valence-corrected chi connectivity index (χ4v) is 4.44. The summed E-state index contributed by atoms with van der Waals surface area (Å²) in [6.45, 7) is 0. The van der Waals surface area contributed by atoms with Gasteiger partial charge in [0, 0.05) is 28.6 Å². The van der Waals surface area contributed by atoms with Crippen LogP contribution in [-0.2, 0) is 12.2 Å². The molecule has 0 saturated carbocycles. The molecule has 4 heterocycles. The van der Waals surface area contributed by atoms with E-state index >= 15 is 0 Å². The van der Waals surface area contributed by atoms with Gasteiger partial charge in [-0.05, 0) is 23.6 Å². The van der Waals surface area contributed by atoms with Crippen molar-refractivity contribution in [3.63, 3.8) is 0 Å². The number of hydrogen-bond donors (Lipinski definition) is 1. The van der Waals surface area contributed by atoms with Crippen LogP contribution in [0.2, 0.25) is 0 Å². The Labute approximate surface area is 151 Å². The van der Waals surface area contributed by atoms with Crippen molar-refractivity contribution in [2.45, 2.75) is 17.3 Å². The van der Waals surface area contributed by atoms with Crippen LogP contribution < -0.4 is 0 Å². The minimum Gasteiger partial charge on any atom is -0.262 e. The van der Waals surface area contributed by atoms with E-state index in [1.165, 1.54) is 4.88 Å². The lowest BCUT2D eigenvalue weighted by atomic mass is 10.3. The van der Waals surface area contributed by atoms with E-state index in [2.05, 4.69) is 42.0 Å². The average molecular weight is 372 g/mol. The van der Waals surface area contributed by atoms with E-state index in [1.54, 1.807) is 40.6 Å². The van der Waals surface area contributed by atoms with Crippen LogP contribution in [0.1, 0.15) is 16.4 Å². The molecule has 0 fully saturated rings. The lowest BCUT2D eigenvalue weighted by Crippen LogP contribution is -1.87. The van der Waals surface area contributed by atoms with Crippen LogP contribution in [0.15, 0.2) is 52.4 Å². The summed E-state index contributed by atoms with van der Waals surface area (Å²) in [6.07, 6.45) is 2.58. The SMILES string of the molecule is c1ccc(-c2nc(CSc3n[nH]c(Cc4cccs4)n3)cs2)nc1. The Morgan fingerprint density at radius 2 is 2.08 bits per heavy atom. The molecule has 0 unspecified atom stereocenters. The molecule has 0 aromatic carbocycles. The molecule has 0 aliphatic carbocycles. The number of nitrogens with zero attached hydrogens (tertiary/aromatic N) is 4. The lowest BCUT2D eigenvalue weighted by molar-refractivity contribution is 0.959. The number of thiophene rings is 1. The molecule has 0 atom stereocenters. The Hall–Kier alpha value is -2.03. The predicted octanol–water partition coefficient (Wildman–Crippen LogP) is 4.27. The topological polar surface area (TPSA) is 67.3 Å². The number of aromatic amines is 1. The molecule has 0 amide bonds. The Morgan fingerprint density at radius 3 is 2.92 bits per heavy atom. The second-order valence-corrected chi connectivity index (χ2v) is 7.80. The van der Waals surface area contributed by atoms with Gasteiger partial charge in [-0.2, -0.15) is 0 Å². The summed E-state index contributed by atoms with van der Waals surface area (Å²) in [5.74, 6) is 1.65. The van der Waals surface area contributed by atoms with E-state index in [4.69, 9.17) is 0 Å². The molecule has 0 aliphatic heterocycles. The largest absolute Gasteiger partial charge is 0.262 e. The number of nitrogens with one attached hydrogen (secondary N) is 1. The van der Waals surface area contributed by atoms with Gasteiger partial charge in [0.2, 0.25) is 5.16 Å². The molecule has 0 bridgehead atoms. The highest BCUT2D eigenvalue weighted by atomic mass is 32.2. The van der Waals surface area contributed by atoms with Gasteiger partial charge in [-0.3, -0.25) is 10.1 Å². The summed E-state index contributed by atoms with van der Waals surface area (Å²) in [7, 11) is 0. The van der Waals surface area contributed by atoms with Gasteiger partial charge in [0.15, 0.2) is 0 Å². The summed E-state index contributed by atoms with van der Waals surface area (Å²) < 4.78 is 0. The molecule has 8 heteroatoms. The predicted molar refractivity (Wildman–Crippen MR) is 98.4 cm³/mol. The van der Waals surface area contributed by atoms with E-state index in [0.29, 0.717) is 0 Å². The van der Waals surface area contributed by atoms with Crippen molar-refractivity contribution in [1.29, 1.82) is 0 Å². The fraction of sp³-hybridized carbons (Fsp3) is 0.125. The molecule has 0 spiro atoms. The first-order chi connectivity index (χ1) is 11.9. The van der Waals surface area contributed by atoms with Crippen LogP contribution in [0.25, 0.3) is 10.7 Å². The van der Waals surface area contributed by atoms with Gasteiger partial charge in [0.1, 0.15) is 10.8 Å². The Morgan fingerprint density at radius 1 is 1.08 bits per heavy atom. The van der Waals surface area contributed by atoms with Crippen molar-refractivity contribution in [2.75, 3.05) is 0 Å². The van der Waals surface area contributed by atoms with E-state index in [1.807, 2.05) is 24.3 Å². The van der Waals surface area contributed by atoms with Crippen molar-refractivity contribution in [1.82, 2.24) is 25.1 Å². The van der Waals surface area contributed by atoms with E-state index in [0.717, 1.165) is 39.5 Å². The Bertz CT molecular complexity index is 899. The van der Waals surface area contributed by atoms with Gasteiger partial charge in [-0.15, -0.1) is 27.8 Å². The molecular formula is C16H13N5S3. The number of rotatable bonds is 6. The number of thiazole rings is 1. The van der Waals surface area contributed by atoms with Crippen molar-refractivity contribution in [3.05, 3.63) is 63.7 Å². The van der Waals surface area contributed by atoms with Gasteiger partial charge in [0.25, 0.3) is 0 Å². The first-order valence-electron chi connectivity index (χ1n) is 7.29. The van der Waals surface area contributed by atoms with Crippen LogP contribution in [0.5, 0.6) is 0 Å². The second-order valence-electron chi connectivity index (χ2n) is 4.97. The molecule has 0 aliphatic rings. The van der Waals surface area contributed by atoms with E-state index in [-0.39, 0.29) is 0 Å². The number of hydrogen-bond acceptors (Lipinski definition) is 7. The monoisotopic (exact) mass is 371 g/mol. The first-order valence-corrected chi connectivity index (χ1v) is 10.0. The highest BCUT2D eigenvalue weighted by Gasteiger charge is 2.09. The molecule has 4 aromatic rings. The number of pyridine rings is 1. The number of aromatic nitrogens is 5. The standard InChI is InChI=1S/C16H13N5S3/c1-2-6-17-13(5-1)15-18-11(9-23-15)10-24-16-19-14(20-21-16)8-12-4-3-7-22-12/h1-7,9H,8,10H2,(H,19,20,21). The van der Waals surface area contributed by atoms with Gasteiger partial charge < -0.3 is 0 Å². The third-order valence-electron chi connectivity index (χ3n) is 3.22. The molecule has 0 saturated heterocycles. The maximum absolute atomic E-state index is 4.63. The van der Waals surface area contributed by atoms with E-state index < -0.39 is 0 Å². The fourth-order valence-electron chi connectivity index (χ4n) is 2.12. The highest BCUT2D eigenvalue weighted by Crippen LogP contribution is 2.25. The van der Waals surface area contributed by atoms with Crippen molar-refractivity contribution < 1.29 is 0 Å². The molecule has 24 heavy (non-hydrogen) atoms. The maximum Gasteiger partial charge on any atom is 0.208 e. The second kappa shape index (κ2) is 7.25. The zero-order valence-electron chi connectivity index (χ0n) is 12.5. The van der Waals surface area contributed by atoms with E-state index in [9.17, 15) is 0 Å². The smallest absolute Gasteiger partial charge is 0.208 e. The lowest BCUT2D eigenvalue weighted by Gasteiger charge is -1.94. The van der Waals surface area contributed by atoms with Crippen LogP contribution >= 0.6 is 34.4 Å². The molecule has 4 aromatic heterocycles. The minimum atomic E-state index is 0.750. The quantitative estimate of drug-likeness (QED) is 0.513. The van der Waals surface area contributed by atoms with Crippen LogP contribution in [0, 0.1) is 0 Å². The Balaban J connectivity index is 1.37. The molecule has 4 rings (SSSR count). The Kier molecular flexibility index (Phi) is 4.68. The highest BCUT2D eigenvalue weighted by molar-refractivity contribution is 7.98. The molecular weight excluding hydrogens is 358 g/mol. The summed E-state index contributed by atoms with van der Waals surface area (Å²) in [4.78, 5) is 14.8.